The molecule has 6 heteroatoms. The van der Waals surface area contributed by atoms with E-state index in [9.17, 15) is 9.90 Å². The first-order chi connectivity index (χ1) is 9.62. The van der Waals surface area contributed by atoms with Gasteiger partial charge in [-0.2, -0.15) is 0 Å². The molecule has 0 aliphatic heterocycles. The number of aromatic carboxylic acids is 1. The highest BCUT2D eigenvalue weighted by molar-refractivity contribution is 8.00. The predicted molar refractivity (Wildman–Crippen MR) is 82.9 cm³/mol. The van der Waals surface area contributed by atoms with Gasteiger partial charge in [0.1, 0.15) is 10.6 Å². The molecule has 0 unspecified atom stereocenters. The summed E-state index contributed by atoms with van der Waals surface area (Å²) in [7, 11) is 1.60. The molecule has 0 saturated carbocycles. The number of hydrogen-bond donors (Lipinski definition) is 2. The van der Waals surface area contributed by atoms with E-state index in [-0.39, 0.29) is 0 Å². The third-order valence-corrected chi connectivity index (χ3v) is 5.31. The highest BCUT2D eigenvalue weighted by Gasteiger charge is 2.22. The minimum atomic E-state index is -0.921. The molecule has 1 aromatic carbocycles. The fourth-order valence-electron chi connectivity index (χ4n) is 2.01. The summed E-state index contributed by atoms with van der Waals surface area (Å²) >= 11 is 2.80. The van der Waals surface area contributed by atoms with Crippen LogP contribution in [0.4, 0.5) is 0 Å². The third kappa shape index (κ3) is 2.67. The van der Waals surface area contributed by atoms with Crippen molar-refractivity contribution in [3.05, 3.63) is 34.7 Å². The van der Waals surface area contributed by atoms with Gasteiger partial charge in [0, 0.05) is 12.1 Å². The van der Waals surface area contributed by atoms with E-state index in [0.717, 1.165) is 26.6 Å². The Kier molecular flexibility index (Phi) is 4.69. The Labute approximate surface area is 125 Å². The van der Waals surface area contributed by atoms with Crippen molar-refractivity contribution in [1.29, 1.82) is 0 Å². The van der Waals surface area contributed by atoms with Gasteiger partial charge in [-0.05, 0) is 29.5 Å². The molecule has 0 spiro atoms. The lowest BCUT2D eigenvalue weighted by molar-refractivity contribution is 0.0703. The molecule has 3 N–H and O–H groups in total. The Morgan fingerprint density at radius 1 is 1.40 bits per heavy atom. The van der Waals surface area contributed by atoms with Gasteiger partial charge in [-0.3, -0.25) is 0 Å². The first-order valence-electron chi connectivity index (χ1n) is 5.89. The van der Waals surface area contributed by atoms with Gasteiger partial charge >= 0.3 is 5.97 Å². The molecule has 0 bridgehead atoms. The van der Waals surface area contributed by atoms with E-state index in [1.807, 2.05) is 30.5 Å². The van der Waals surface area contributed by atoms with Crippen LogP contribution in [-0.2, 0) is 6.54 Å². The van der Waals surface area contributed by atoms with Crippen LogP contribution in [0.2, 0.25) is 0 Å². The predicted octanol–water partition coefficient (Wildman–Crippen LogP) is 3.30. The number of rotatable bonds is 5. The highest BCUT2D eigenvalue weighted by atomic mass is 32.2. The number of methoxy groups -OCH3 is 1. The number of ether oxygens (including phenoxy) is 1. The maximum Gasteiger partial charge on any atom is 0.346 e. The second-order valence-electron chi connectivity index (χ2n) is 4.01. The van der Waals surface area contributed by atoms with Crippen LogP contribution in [-0.4, -0.2) is 24.4 Å². The minimum Gasteiger partial charge on any atom is -0.497 e. The molecule has 0 radical (unpaired) electrons. The molecule has 1 aromatic heterocycles. The van der Waals surface area contributed by atoms with E-state index in [4.69, 9.17) is 10.5 Å². The molecular weight excluding hydrogens is 294 g/mol. The quantitative estimate of drug-likeness (QED) is 0.829. The molecule has 0 amide bonds. The largest absolute Gasteiger partial charge is 0.497 e. The van der Waals surface area contributed by atoms with Crippen molar-refractivity contribution in [2.75, 3.05) is 13.4 Å². The van der Waals surface area contributed by atoms with Crippen molar-refractivity contribution in [1.82, 2.24) is 0 Å². The molecular formula is C14H15NO3S2. The molecule has 2 rings (SSSR count). The minimum absolute atomic E-state index is 0.321. The van der Waals surface area contributed by atoms with Crippen LogP contribution in [0.3, 0.4) is 0 Å². The standard InChI is InChI=1S/C14H15NO3S2/c1-18-9-5-3-8(4-6-9)11-10(7-15)14(19-2)20-12(11)13(16)17/h3-6H,7,15H2,1-2H3,(H,16,17). The Morgan fingerprint density at radius 3 is 2.50 bits per heavy atom. The second-order valence-corrected chi connectivity index (χ2v) is 6.11. The number of benzene rings is 1. The third-order valence-electron chi connectivity index (χ3n) is 2.93. The smallest absolute Gasteiger partial charge is 0.346 e. The first kappa shape index (κ1) is 14.9. The summed E-state index contributed by atoms with van der Waals surface area (Å²) in [5.41, 5.74) is 8.27. The fourth-order valence-corrected chi connectivity index (χ4v) is 3.95. The van der Waals surface area contributed by atoms with Gasteiger partial charge in [0.2, 0.25) is 0 Å². The molecule has 0 atom stereocenters. The number of thiophene rings is 1. The van der Waals surface area contributed by atoms with Gasteiger partial charge in [-0.1, -0.05) is 12.1 Å². The maximum absolute atomic E-state index is 11.5. The molecule has 106 valence electrons. The average molecular weight is 309 g/mol. The van der Waals surface area contributed by atoms with Gasteiger partial charge in [0.15, 0.2) is 0 Å². The van der Waals surface area contributed by atoms with Crippen LogP contribution in [0, 0.1) is 0 Å². The van der Waals surface area contributed by atoms with E-state index in [0.29, 0.717) is 11.4 Å². The first-order valence-corrected chi connectivity index (χ1v) is 7.94. The summed E-state index contributed by atoms with van der Waals surface area (Å²) in [6.45, 7) is 0.321. The van der Waals surface area contributed by atoms with Gasteiger partial charge in [-0.15, -0.1) is 23.1 Å². The lowest BCUT2D eigenvalue weighted by atomic mass is 10.0. The second kappa shape index (κ2) is 6.30. The lowest BCUT2D eigenvalue weighted by Crippen LogP contribution is -2.01. The summed E-state index contributed by atoms with van der Waals surface area (Å²) < 4.78 is 6.08. The van der Waals surface area contributed by atoms with E-state index < -0.39 is 5.97 Å². The number of nitrogens with two attached hydrogens (primary N) is 1. The molecule has 2 aromatic rings. The van der Waals surface area contributed by atoms with Crippen molar-refractivity contribution in [3.63, 3.8) is 0 Å². The number of carbonyl (C=O) groups is 1. The Bertz CT molecular complexity index is 620. The van der Waals surface area contributed by atoms with Crippen LogP contribution in [0.15, 0.2) is 28.5 Å². The molecule has 1 heterocycles. The molecule has 0 aliphatic rings. The molecule has 0 aliphatic carbocycles. The van der Waals surface area contributed by atoms with E-state index in [1.54, 1.807) is 7.11 Å². The summed E-state index contributed by atoms with van der Waals surface area (Å²) in [4.78, 5) is 11.8. The number of thioether (sulfide) groups is 1. The van der Waals surface area contributed by atoms with Crippen molar-refractivity contribution >= 4 is 29.1 Å². The van der Waals surface area contributed by atoms with Crippen LogP contribution in [0.1, 0.15) is 15.2 Å². The van der Waals surface area contributed by atoms with Gasteiger partial charge in [0.05, 0.1) is 11.3 Å². The summed E-state index contributed by atoms with van der Waals surface area (Å²) in [6, 6.07) is 7.35. The van der Waals surface area contributed by atoms with E-state index >= 15 is 0 Å². The Balaban J connectivity index is 2.63. The van der Waals surface area contributed by atoms with Crippen LogP contribution >= 0.6 is 23.1 Å². The fraction of sp³-hybridized carbons (Fsp3) is 0.214. The lowest BCUT2D eigenvalue weighted by Gasteiger charge is -2.07. The van der Waals surface area contributed by atoms with Gasteiger partial charge in [-0.25, -0.2) is 4.79 Å². The SMILES string of the molecule is COc1ccc(-c2c(C(=O)O)sc(SC)c2CN)cc1. The van der Waals surface area contributed by atoms with Crippen LogP contribution in [0.25, 0.3) is 11.1 Å². The number of carboxylic acid groups (broad SMARTS) is 1. The molecule has 4 nitrogen and oxygen atoms in total. The number of carboxylic acids is 1. The van der Waals surface area contributed by atoms with Crippen LogP contribution < -0.4 is 10.5 Å². The summed E-state index contributed by atoms with van der Waals surface area (Å²) in [5.74, 6) is -0.184. The van der Waals surface area contributed by atoms with Crippen molar-refractivity contribution in [3.8, 4) is 16.9 Å². The van der Waals surface area contributed by atoms with Gasteiger partial charge < -0.3 is 15.6 Å². The highest BCUT2D eigenvalue weighted by Crippen LogP contribution is 2.41. The van der Waals surface area contributed by atoms with E-state index in [2.05, 4.69) is 0 Å². The van der Waals surface area contributed by atoms with Crippen molar-refractivity contribution < 1.29 is 14.6 Å². The van der Waals surface area contributed by atoms with Crippen molar-refractivity contribution in [2.24, 2.45) is 5.73 Å². The van der Waals surface area contributed by atoms with Crippen LogP contribution in [0.5, 0.6) is 5.75 Å². The molecule has 20 heavy (non-hydrogen) atoms. The Hall–Kier alpha value is -1.50. The Morgan fingerprint density at radius 2 is 2.05 bits per heavy atom. The monoisotopic (exact) mass is 309 g/mol. The maximum atomic E-state index is 11.5. The zero-order valence-electron chi connectivity index (χ0n) is 11.2. The van der Waals surface area contributed by atoms with Gasteiger partial charge in [0.25, 0.3) is 0 Å². The zero-order chi connectivity index (χ0) is 14.7. The summed E-state index contributed by atoms with van der Waals surface area (Å²) in [5, 5.41) is 9.39. The topological polar surface area (TPSA) is 72.5 Å². The zero-order valence-corrected chi connectivity index (χ0v) is 12.8. The number of hydrogen-bond acceptors (Lipinski definition) is 5. The van der Waals surface area contributed by atoms with E-state index in [1.165, 1.54) is 23.1 Å². The average Bonchev–Trinajstić information content (AvgIpc) is 2.86. The van der Waals surface area contributed by atoms with Crippen molar-refractivity contribution in [2.45, 2.75) is 10.8 Å². The molecule has 0 saturated heterocycles. The molecule has 0 fully saturated rings. The normalized spacial score (nSPS) is 10.6. The summed E-state index contributed by atoms with van der Waals surface area (Å²) in [6.07, 6.45) is 1.93.